The van der Waals surface area contributed by atoms with Crippen LogP contribution in [0.3, 0.4) is 0 Å². The highest BCUT2D eigenvalue weighted by Crippen LogP contribution is 2.28. The highest BCUT2D eigenvalue weighted by molar-refractivity contribution is 5.94. The van der Waals surface area contributed by atoms with Crippen molar-refractivity contribution >= 4 is 5.91 Å². The summed E-state index contributed by atoms with van der Waals surface area (Å²) in [6, 6.07) is 5.60. The quantitative estimate of drug-likeness (QED) is 0.824. The summed E-state index contributed by atoms with van der Waals surface area (Å²) in [5.74, 6) is 6.67. The Morgan fingerprint density at radius 2 is 2.25 bits per heavy atom. The maximum atomic E-state index is 12.0. The third-order valence-corrected chi connectivity index (χ3v) is 3.88. The molecule has 20 heavy (non-hydrogen) atoms. The zero-order valence-corrected chi connectivity index (χ0v) is 12.0. The van der Waals surface area contributed by atoms with E-state index in [1.807, 2.05) is 25.1 Å². The summed E-state index contributed by atoms with van der Waals surface area (Å²) >= 11 is 0. The topological polar surface area (TPSA) is 55.1 Å². The number of carbonyl (C=O) groups is 1. The summed E-state index contributed by atoms with van der Waals surface area (Å²) in [5.41, 5.74) is 8.01. The molecule has 0 saturated heterocycles. The predicted molar refractivity (Wildman–Crippen MR) is 81.4 cm³/mol. The van der Waals surface area contributed by atoms with Crippen LogP contribution in [-0.2, 0) is 0 Å². The molecule has 0 atom stereocenters. The van der Waals surface area contributed by atoms with Gasteiger partial charge in [-0.2, -0.15) is 0 Å². The van der Waals surface area contributed by atoms with Crippen molar-refractivity contribution in [3.63, 3.8) is 0 Å². The Labute approximate surface area is 120 Å². The van der Waals surface area contributed by atoms with Gasteiger partial charge >= 0.3 is 0 Å². The van der Waals surface area contributed by atoms with Crippen molar-refractivity contribution in [2.24, 2.45) is 11.7 Å². The third kappa shape index (κ3) is 3.85. The first-order valence-electron chi connectivity index (χ1n) is 7.28. The molecule has 1 aromatic carbocycles. The summed E-state index contributed by atoms with van der Waals surface area (Å²) in [6.45, 7) is 3.09. The van der Waals surface area contributed by atoms with Crippen molar-refractivity contribution < 1.29 is 4.79 Å². The molecule has 3 heteroatoms. The van der Waals surface area contributed by atoms with Crippen LogP contribution < -0.4 is 11.1 Å². The summed E-state index contributed by atoms with van der Waals surface area (Å²) in [4.78, 5) is 12.0. The molecule has 0 heterocycles. The van der Waals surface area contributed by atoms with Gasteiger partial charge in [-0.1, -0.05) is 31.1 Å². The minimum absolute atomic E-state index is 0.00533. The number of nitrogens with one attached hydrogen (secondary N) is 1. The first-order valence-corrected chi connectivity index (χ1v) is 7.28. The molecule has 1 aliphatic rings. The Balaban J connectivity index is 1.90. The van der Waals surface area contributed by atoms with Gasteiger partial charge < -0.3 is 11.1 Å². The van der Waals surface area contributed by atoms with Gasteiger partial charge in [-0.15, -0.1) is 0 Å². The van der Waals surface area contributed by atoms with Crippen molar-refractivity contribution in [1.82, 2.24) is 5.32 Å². The van der Waals surface area contributed by atoms with Crippen molar-refractivity contribution in [3.8, 4) is 11.8 Å². The number of aryl methyl sites for hydroxylation is 1. The number of nitrogens with two attached hydrogens (primary N) is 1. The van der Waals surface area contributed by atoms with Crippen LogP contribution in [0.15, 0.2) is 18.2 Å². The zero-order chi connectivity index (χ0) is 14.4. The van der Waals surface area contributed by atoms with Crippen LogP contribution in [0.1, 0.15) is 47.2 Å². The Bertz CT molecular complexity index is 536. The van der Waals surface area contributed by atoms with Crippen LogP contribution in [-0.4, -0.2) is 19.0 Å². The fourth-order valence-electron chi connectivity index (χ4n) is 2.36. The number of carbonyl (C=O) groups excluding carboxylic acids is 1. The van der Waals surface area contributed by atoms with Crippen LogP contribution >= 0.6 is 0 Å². The summed E-state index contributed by atoms with van der Waals surface area (Å²) < 4.78 is 0. The Morgan fingerprint density at radius 3 is 2.85 bits per heavy atom. The van der Waals surface area contributed by atoms with Crippen molar-refractivity contribution in [2.45, 2.75) is 32.6 Å². The SMILES string of the molecule is Cc1cc(C(=O)NCCC2CCC2)ccc1C#CCN. The van der Waals surface area contributed by atoms with Gasteiger partial charge in [0.05, 0.1) is 6.54 Å². The summed E-state index contributed by atoms with van der Waals surface area (Å²) in [6.07, 6.45) is 5.10. The van der Waals surface area contributed by atoms with Crippen molar-refractivity contribution in [1.29, 1.82) is 0 Å². The molecular formula is C17H22N2O. The minimum atomic E-state index is 0.00533. The van der Waals surface area contributed by atoms with Crippen LogP contribution in [0, 0.1) is 24.7 Å². The van der Waals surface area contributed by atoms with Crippen LogP contribution in [0.25, 0.3) is 0 Å². The molecule has 0 spiro atoms. The standard InChI is InChI=1S/C17H22N2O/c1-13-12-16(8-7-15(13)6-3-10-18)17(20)19-11-9-14-4-2-5-14/h7-8,12,14H,2,4-5,9-11,18H2,1H3,(H,19,20). The highest BCUT2D eigenvalue weighted by Gasteiger charge is 2.17. The number of benzene rings is 1. The van der Waals surface area contributed by atoms with E-state index in [2.05, 4.69) is 17.2 Å². The molecule has 0 radical (unpaired) electrons. The van der Waals surface area contributed by atoms with Crippen molar-refractivity contribution in [2.75, 3.05) is 13.1 Å². The summed E-state index contributed by atoms with van der Waals surface area (Å²) in [5, 5.41) is 2.99. The summed E-state index contributed by atoms with van der Waals surface area (Å²) in [7, 11) is 0. The number of hydrogen-bond donors (Lipinski definition) is 2. The van der Waals surface area contributed by atoms with Crippen LogP contribution in [0.2, 0.25) is 0 Å². The minimum Gasteiger partial charge on any atom is -0.352 e. The van der Waals surface area contributed by atoms with E-state index in [4.69, 9.17) is 5.73 Å². The van der Waals surface area contributed by atoms with Gasteiger partial charge in [-0.3, -0.25) is 4.79 Å². The molecule has 0 bridgehead atoms. The van der Waals surface area contributed by atoms with Gasteiger partial charge in [0.25, 0.3) is 5.91 Å². The number of amides is 1. The molecule has 0 aromatic heterocycles. The van der Waals surface area contributed by atoms with Gasteiger partial charge in [0.2, 0.25) is 0 Å². The van der Waals surface area contributed by atoms with Crippen LogP contribution in [0.4, 0.5) is 0 Å². The maximum absolute atomic E-state index is 12.0. The highest BCUT2D eigenvalue weighted by atomic mass is 16.1. The first kappa shape index (κ1) is 14.6. The van der Waals surface area contributed by atoms with Gasteiger partial charge in [0.15, 0.2) is 0 Å². The maximum Gasteiger partial charge on any atom is 0.251 e. The fourth-order valence-corrected chi connectivity index (χ4v) is 2.36. The van der Waals surface area contributed by atoms with Crippen molar-refractivity contribution in [3.05, 3.63) is 34.9 Å². The Kier molecular flexibility index (Phi) is 5.20. The Morgan fingerprint density at radius 1 is 1.45 bits per heavy atom. The smallest absolute Gasteiger partial charge is 0.251 e. The average molecular weight is 270 g/mol. The van der Waals surface area contributed by atoms with E-state index in [1.165, 1.54) is 19.3 Å². The molecule has 0 aliphatic heterocycles. The predicted octanol–water partition coefficient (Wildman–Crippen LogP) is 2.23. The molecule has 1 aromatic rings. The lowest BCUT2D eigenvalue weighted by atomic mass is 9.83. The largest absolute Gasteiger partial charge is 0.352 e. The van der Waals surface area contributed by atoms with Gasteiger partial charge in [-0.25, -0.2) is 0 Å². The fraction of sp³-hybridized carbons (Fsp3) is 0.471. The lowest BCUT2D eigenvalue weighted by Gasteiger charge is -2.25. The Hall–Kier alpha value is -1.79. The number of rotatable bonds is 4. The third-order valence-electron chi connectivity index (χ3n) is 3.88. The van der Waals surface area contributed by atoms with Gasteiger partial charge in [0.1, 0.15) is 0 Å². The van der Waals surface area contributed by atoms with Gasteiger partial charge in [-0.05, 0) is 43.0 Å². The molecule has 1 saturated carbocycles. The average Bonchev–Trinajstić information content (AvgIpc) is 2.40. The molecule has 1 aliphatic carbocycles. The van der Waals surface area contributed by atoms with E-state index in [9.17, 15) is 4.79 Å². The monoisotopic (exact) mass is 270 g/mol. The number of hydrogen-bond acceptors (Lipinski definition) is 2. The first-order chi connectivity index (χ1) is 9.70. The lowest BCUT2D eigenvalue weighted by Crippen LogP contribution is -2.27. The molecule has 3 nitrogen and oxygen atoms in total. The molecule has 1 amide bonds. The second-order valence-electron chi connectivity index (χ2n) is 5.38. The second-order valence-corrected chi connectivity index (χ2v) is 5.38. The van der Waals surface area contributed by atoms with E-state index in [-0.39, 0.29) is 5.91 Å². The molecule has 2 rings (SSSR count). The normalized spacial score (nSPS) is 14.1. The molecular weight excluding hydrogens is 248 g/mol. The van der Waals surface area contributed by atoms with E-state index in [1.54, 1.807) is 0 Å². The molecule has 3 N–H and O–H groups in total. The zero-order valence-electron chi connectivity index (χ0n) is 12.0. The van der Waals surface area contributed by atoms with E-state index in [0.717, 1.165) is 30.0 Å². The van der Waals surface area contributed by atoms with E-state index >= 15 is 0 Å². The lowest BCUT2D eigenvalue weighted by molar-refractivity contribution is 0.0949. The second kappa shape index (κ2) is 7.12. The molecule has 1 fully saturated rings. The van der Waals surface area contributed by atoms with E-state index in [0.29, 0.717) is 12.1 Å². The molecule has 106 valence electrons. The molecule has 0 unspecified atom stereocenters. The van der Waals surface area contributed by atoms with Crippen LogP contribution in [0.5, 0.6) is 0 Å². The van der Waals surface area contributed by atoms with E-state index < -0.39 is 0 Å². The van der Waals surface area contributed by atoms with Gasteiger partial charge in [0, 0.05) is 17.7 Å².